The third-order valence-corrected chi connectivity index (χ3v) is 7.26. The lowest BCUT2D eigenvalue weighted by molar-refractivity contribution is 0.102. The first-order valence-corrected chi connectivity index (χ1v) is 11.6. The van der Waals surface area contributed by atoms with Gasteiger partial charge in [-0.05, 0) is 49.4 Å². The van der Waals surface area contributed by atoms with Crippen LogP contribution in [0.15, 0.2) is 47.4 Å². The Hall–Kier alpha value is -2.68. The minimum absolute atomic E-state index is 0.0763. The number of hydrogen-bond donors (Lipinski definition) is 1. The van der Waals surface area contributed by atoms with E-state index in [-0.39, 0.29) is 10.6 Å². The number of aryl methyl sites for hydroxylation is 1. The van der Waals surface area contributed by atoms with Gasteiger partial charge < -0.3 is 10.1 Å². The molecule has 0 bridgehead atoms. The first-order valence-electron chi connectivity index (χ1n) is 9.77. The van der Waals surface area contributed by atoms with Crippen LogP contribution in [0.25, 0.3) is 10.9 Å². The summed E-state index contributed by atoms with van der Waals surface area (Å²) in [5, 5.41) is 4.04. The van der Waals surface area contributed by atoms with Gasteiger partial charge in [0.25, 0.3) is 5.91 Å². The standard InChI is InChI=1S/C22H24ClN3O4S/c1-5-26(6-2)31(28,29)17-8-10-21(30-4)20(13-17)25-22(27)18-12-15-11-16(23)7-9-19(15)24-14(18)3/h7-13H,5-6H2,1-4H3,(H,25,27). The zero-order valence-corrected chi connectivity index (χ0v) is 19.3. The van der Waals surface area contributed by atoms with Gasteiger partial charge >= 0.3 is 0 Å². The SMILES string of the molecule is CCN(CC)S(=O)(=O)c1ccc(OC)c(NC(=O)c2cc3cc(Cl)ccc3nc2C)c1. The normalized spacial score (nSPS) is 11.7. The first kappa shape index (κ1) is 23.0. The fourth-order valence-electron chi connectivity index (χ4n) is 3.32. The number of methoxy groups -OCH3 is 1. The van der Waals surface area contributed by atoms with Crippen LogP contribution in [0.2, 0.25) is 5.02 Å². The molecule has 0 spiro atoms. The van der Waals surface area contributed by atoms with Gasteiger partial charge in [-0.25, -0.2) is 8.42 Å². The smallest absolute Gasteiger partial charge is 0.257 e. The number of pyridine rings is 1. The van der Waals surface area contributed by atoms with Crippen molar-refractivity contribution in [2.75, 3.05) is 25.5 Å². The highest BCUT2D eigenvalue weighted by Crippen LogP contribution is 2.30. The van der Waals surface area contributed by atoms with Crippen LogP contribution in [0, 0.1) is 6.92 Å². The summed E-state index contributed by atoms with van der Waals surface area (Å²) < 4.78 is 32.4. The number of anilines is 1. The highest BCUT2D eigenvalue weighted by Gasteiger charge is 2.23. The monoisotopic (exact) mass is 461 g/mol. The van der Waals surface area contributed by atoms with Crippen molar-refractivity contribution in [2.24, 2.45) is 0 Å². The number of halogens is 1. The third kappa shape index (κ3) is 4.66. The summed E-state index contributed by atoms with van der Waals surface area (Å²) in [5.41, 5.74) is 1.88. The van der Waals surface area contributed by atoms with Gasteiger partial charge in [0, 0.05) is 23.5 Å². The molecule has 0 fully saturated rings. The number of nitrogens with zero attached hydrogens (tertiary/aromatic N) is 2. The summed E-state index contributed by atoms with van der Waals surface area (Å²) in [6.07, 6.45) is 0. The number of benzene rings is 2. The molecule has 0 radical (unpaired) electrons. The van der Waals surface area contributed by atoms with Crippen LogP contribution in [-0.2, 0) is 10.0 Å². The molecule has 9 heteroatoms. The number of carbonyl (C=O) groups is 1. The molecule has 3 rings (SSSR count). The van der Waals surface area contributed by atoms with Gasteiger partial charge in [-0.15, -0.1) is 0 Å². The number of amides is 1. The van der Waals surface area contributed by atoms with Crippen molar-refractivity contribution in [3.8, 4) is 5.75 Å². The molecule has 31 heavy (non-hydrogen) atoms. The predicted molar refractivity (Wildman–Crippen MR) is 123 cm³/mol. The van der Waals surface area contributed by atoms with Crippen molar-refractivity contribution in [1.29, 1.82) is 0 Å². The molecule has 0 saturated heterocycles. The summed E-state index contributed by atoms with van der Waals surface area (Å²) in [5.74, 6) is -0.0798. The van der Waals surface area contributed by atoms with Gasteiger partial charge in [-0.3, -0.25) is 9.78 Å². The van der Waals surface area contributed by atoms with Gasteiger partial charge in [0.1, 0.15) is 5.75 Å². The van der Waals surface area contributed by atoms with Gasteiger partial charge in [0.2, 0.25) is 10.0 Å². The van der Waals surface area contributed by atoms with Crippen LogP contribution in [0.4, 0.5) is 5.69 Å². The molecule has 7 nitrogen and oxygen atoms in total. The number of nitrogens with one attached hydrogen (secondary N) is 1. The van der Waals surface area contributed by atoms with E-state index in [0.717, 1.165) is 10.9 Å². The number of ether oxygens (including phenoxy) is 1. The highest BCUT2D eigenvalue weighted by atomic mass is 35.5. The topological polar surface area (TPSA) is 88.6 Å². The molecule has 1 N–H and O–H groups in total. The van der Waals surface area contributed by atoms with E-state index in [0.29, 0.717) is 35.1 Å². The largest absolute Gasteiger partial charge is 0.495 e. The maximum Gasteiger partial charge on any atom is 0.257 e. The van der Waals surface area contributed by atoms with Crippen LogP contribution < -0.4 is 10.1 Å². The van der Waals surface area contributed by atoms with E-state index in [4.69, 9.17) is 16.3 Å². The quantitative estimate of drug-likeness (QED) is 0.560. The second kappa shape index (κ2) is 9.21. The van der Waals surface area contributed by atoms with Crippen LogP contribution >= 0.6 is 11.6 Å². The number of carbonyl (C=O) groups excluding carboxylic acids is 1. The third-order valence-electron chi connectivity index (χ3n) is 4.97. The Morgan fingerprint density at radius 3 is 2.48 bits per heavy atom. The van der Waals surface area contributed by atoms with E-state index in [9.17, 15) is 13.2 Å². The first-order chi connectivity index (χ1) is 14.7. The Bertz CT molecular complexity index is 1240. The minimum Gasteiger partial charge on any atom is -0.495 e. The number of hydrogen-bond acceptors (Lipinski definition) is 5. The molecule has 2 aromatic carbocycles. The molecule has 0 saturated carbocycles. The average Bonchev–Trinajstić information content (AvgIpc) is 2.74. The molecule has 0 aliphatic heterocycles. The Kier molecular flexibility index (Phi) is 6.83. The van der Waals surface area contributed by atoms with Gasteiger partial charge in [0.05, 0.1) is 34.5 Å². The van der Waals surface area contributed by atoms with Gasteiger partial charge in [0.15, 0.2) is 0 Å². The van der Waals surface area contributed by atoms with Crippen molar-refractivity contribution in [1.82, 2.24) is 9.29 Å². The van der Waals surface area contributed by atoms with E-state index >= 15 is 0 Å². The van der Waals surface area contributed by atoms with E-state index < -0.39 is 15.9 Å². The van der Waals surface area contributed by atoms with Gasteiger partial charge in [-0.2, -0.15) is 4.31 Å². The Labute approximate surface area is 187 Å². The summed E-state index contributed by atoms with van der Waals surface area (Å²) >= 11 is 6.06. The lowest BCUT2D eigenvalue weighted by Crippen LogP contribution is -2.30. The predicted octanol–water partition coefficient (Wildman–Crippen LogP) is 4.49. The van der Waals surface area contributed by atoms with Crippen LogP contribution in [0.3, 0.4) is 0 Å². The fourth-order valence-corrected chi connectivity index (χ4v) is 4.99. The lowest BCUT2D eigenvalue weighted by Gasteiger charge is -2.19. The molecule has 1 aromatic heterocycles. The summed E-state index contributed by atoms with van der Waals surface area (Å²) in [7, 11) is -2.24. The molecule has 0 aliphatic carbocycles. The molecule has 3 aromatic rings. The van der Waals surface area contributed by atoms with E-state index in [1.165, 1.54) is 29.6 Å². The molecule has 1 heterocycles. The second-order valence-electron chi connectivity index (χ2n) is 6.86. The number of aromatic nitrogens is 1. The second-order valence-corrected chi connectivity index (χ2v) is 9.24. The van der Waals surface area contributed by atoms with Gasteiger partial charge in [-0.1, -0.05) is 25.4 Å². The van der Waals surface area contributed by atoms with Crippen molar-refractivity contribution in [2.45, 2.75) is 25.7 Å². The minimum atomic E-state index is -3.69. The average molecular weight is 462 g/mol. The van der Waals surface area contributed by atoms with E-state index in [2.05, 4.69) is 10.3 Å². The lowest BCUT2D eigenvalue weighted by atomic mass is 10.1. The maximum atomic E-state index is 13.0. The van der Waals surface area contributed by atoms with Crippen molar-refractivity contribution in [3.63, 3.8) is 0 Å². The fraction of sp³-hybridized carbons (Fsp3) is 0.273. The van der Waals surface area contributed by atoms with E-state index in [1.54, 1.807) is 45.0 Å². The summed E-state index contributed by atoms with van der Waals surface area (Å²) in [6.45, 7) is 5.97. The maximum absolute atomic E-state index is 13.0. The van der Waals surface area contributed by atoms with Crippen molar-refractivity contribution in [3.05, 3.63) is 58.7 Å². The zero-order valence-electron chi connectivity index (χ0n) is 17.8. The highest BCUT2D eigenvalue weighted by molar-refractivity contribution is 7.89. The molecule has 1 amide bonds. The number of fused-ring (bicyclic) bond motifs is 1. The molecular weight excluding hydrogens is 438 g/mol. The van der Waals surface area contributed by atoms with E-state index in [1.807, 2.05) is 0 Å². The van der Waals surface area contributed by atoms with Crippen molar-refractivity contribution >= 4 is 44.1 Å². The van der Waals surface area contributed by atoms with Crippen LogP contribution in [0.5, 0.6) is 5.75 Å². The Morgan fingerprint density at radius 1 is 1.13 bits per heavy atom. The summed E-state index contributed by atoms with van der Waals surface area (Å²) in [6, 6.07) is 11.4. The van der Waals surface area contributed by atoms with Crippen LogP contribution in [-0.4, -0.2) is 43.8 Å². The summed E-state index contributed by atoms with van der Waals surface area (Å²) in [4.78, 5) is 17.6. The molecule has 0 unspecified atom stereocenters. The number of rotatable bonds is 7. The molecule has 0 aliphatic rings. The Morgan fingerprint density at radius 2 is 1.84 bits per heavy atom. The number of sulfonamides is 1. The molecule has 164 valence electrons. The Balaban J connectivity index is 2.01. The molecule has 0 atom stereocenters. The molecular formula is C22H24ClN3O4S. The van der Waals surface area contributed by atoms with Crippen molar-refractivity contribution < 1.29 is 17.9 Å². The zero-order chi connectivity index (χ0) is 22.8. The van der Waals surface area contributed by atoms with Crippen LogP contribution in [0.1, 0.15) is 29.9 Å².